The molecule has 0 saturated heterocycles. The molecule has 1 heterocycles. The van der Waals surface area contributed by atoms with Crippen molar-refractivity contribution in [2.75, 3.05) is 0 Å². The molecule has 0 bridgehead atoms. The SMILES string of the molecule is Cc1cc(-c2cc(CO)c(=O)n(CC(C)C)n2)ccc1F. The highest BCUT2D eigenvalue weighted by atomic mass is 19.1. The Morgan fingerprint density at radius 3 is 2.62 bits per heavy atom. The maximum atomic E-state index is 13.4. The summed E-state index contributed by atoms with van der Waals surface area (Å²) in [6.07, 6.45) is 0. The lowest BCUT2D eigenvalue weighted by Gasteiger charge is -2.12. The normalized spacial score (nSPS) is 11.1. The van der Waals surface area contributed by atoms with Crippen LogP contribution in [-0.2, 0) is 13.2 Å². The molecule has 0 amide bonds. The van der Waals surface area contributed by atoms with Crippen molar-refractivity contribution in [3.05, 3.63) is 51.6 Å². The van der Waals surface area contributed by atoms with E-state index in [-0.39, 0.29) is 23.9 Å². The van der Waals surface area contributed by atoms with Gasteiger partial charge in [-0.3, -0.25) is 4.79 Å². The van der Waals surface area contributed by atoms with E-state index in [0.717, 1.165) is 5.56 Å². The van der Waals surface area contributed by atoms with Crippen LogP contribution in [-0.4, -0.2) is 14.9 Å². The second-order valence-corrected chi connectivity index (χ2v) is 5.56. The zero-order chi connectivity index (χ0) is 15.6. The van der Waals surface area contributed by atoms with Crippen LogP contribution in [0.1, 0.15) is 25.0 Å². The Balaban J connectivity index is 2.57. The van der Waals surface area contributed by atoms with Crippen molar-refractivity contribution in [3.63, 3.8) is 0 Å². The molecule has 0 aliphatic heterocycles. The highest BCUT2D eigenvalue weighted by Gasteiger charge is 2.11. The summed E-state index contributed by atoms with van der Waals surface area (Å²) in [6, 6.07) is 6.24. The first-order chi connectivity index (χ1) is 9.92. The smallest absolute Gasteiger partial charge is 0.272 e. The van der Waals surface area contributed by atoms with E-state index in [1.807, 2.05) is 13.8 Å². The quantitative estimate of drug-likeness (QED) is 0.941. The van der Waals surface area contributed by atoms with Crippen molar-refractivity contribution in [2.45, 2.75) is 33.9 Å². The van der Waals surface area contributed by atoms with E-state index >= 15 is 0 Å². The summed E-state index contributed by atoms with van der Waals surface area (Å²) in [5.74, 6) is -0.0245. The lowest BCUT2D eigenvalue weighted by molar-refractivity contribution is 0.277. The minimum atomic E-state index is -0.341. The molecule has 0 fully saturated rings. The summed E-state index contributed by atoms with van der Waals surface area (Å²) >= 11 is 0. The summed E-state index contributed by atoms with van der Waals surface area (Å²) in [5.41, 5.74) is 1.81. The number of aliphatic hydroxyl groups is 1. The van der Waals surface area contributed by atoms with Crippen LogP contribution in [0.5, 0.6) is 0 Å². The summed E-state index contributed by atoms with van der Waals surface area (Å²) in [7, 11) is 0. The predicted molar refractivity (Wildman–Crippen MR) is 79.4 cm³/mol. The molecule has 0 atom stereocenters. The van der Waals surface area contributed by atoms with Gasteiger partial charge in [0.2, 0.25) is 0 Å². The fourth-order valence-electron chi connectivity index (χ4n) is 2.12. The van der Waals surface area contributed by atoms with Crippen LogP contribution in [0, 0.1) is 18.7 Å². The van der Waals surface area contributed by atoms with Gasteiger partial charge in [-0.25, -0.2) is 9.07 Å². The summed E-state index contributed by atoms with van der Waals surface area (Å²) in [4.78, 5) is 12.1. The number of aryl methyl sites for hydroxylation is 1. The number of benzene rings is 1. The highest BCUT2D eigenvalue weighted by molar-refractivity contribution is 5.60. The fourth-order valence-corrected chi connectivity index (χ4v) is 2.12. The number of aromatic nitrogens is 2. The van der Waals surface area contributed by atoms with Crippen molar-refractivity contribution in [1.29, 1.82) is 0 Å². The Labute approximate surface area is 122 Å². The Kier molecular flexibility index (Phi) is 4.53. The topological polar surface area (TPSA) is 55.1 Å². The van der Waals surface area contributed by atoms with E-state index < -0.39 is 0 Å². The van der Waals surface area contributed by atoms with Gasteiger partial charge in [0, 0.05) is 17.7 Å². The van der Waals surface area contributed by atoms with Gasteiger partial charge < -0.3 is 5.11 Å². The van der Waals surface area contributed by atoms with Gasteiger partial charge in [-0.05, 0) is 42.7 Å². The number of hydrogen-bond acceptors (Lipinski definition) is 3. The number of halogens is 1. The van der Waals surface area contributed by atoms with Gasteiger partial charge in [-0.2, -0.15) is 5.10 Å². The van der Waals surface area contributed by atoms with Crippen LogP contribution in [0.3, 0.4) is 0 Å². The van der Waals surface area contributed by atoms with Gasteiger partial charge in [0.15, 0.2) is 0 Å². The molecule has 0 saturated carbocycles. The Bertz CT molecular complexity index is 708. The van der Waals surface area contributed by atoms with Crippen LogP contribution in [0.25, 0.3) is 11.3 Å². The third-order valence-electron chi connectivity index (χ3n) is 3.21. The molecule has 0 radical (unpaired) electrons. The van der Waals surface area contributed by atoms with Gasteiger partial charge in [-0.15, -0.1) is 0 Å². The highest BCUT2D eigenvalue weighted by Crippen LogP contribution is 2.20. The zero-order valence-electron chi connectivity index (χ0n) is 12.4. The average molecular weight is 290 g/mol. The minimum absolute atomic E-state index is 0.256. The molecule has 1 aromatic heterocycles. The molecule has 21 heavy (non-hydrogen) atoms. The number of nitrogens with zero attached hydrogens (tertiary/aromatic N) is 2. The van der Waals surface area contributed by atoms with Gasteiger partial charge in [0.25, 0.3) is 5.56 Å². The Morgan fingerprint density at radius 2 is 2.05 bits per heavy atom. The zero-order valence-corrected chi connectivity index (χ0v) is 12.4. The maximum absolute atomic E-state index is 13.4. The molecule has 0 spiro atoms. The van der Waals surface area contributed by atoms with E-state index in [2.05, 4.69) is 5.10 Å². The lowest BCUT2D eigenvalue weighted by Crippen LogP contribution is -2.28. The van der Waals surface area contributed by atoms with Crippen LogP contribution in [0.4, 0.5) is 4.39 Å². The van der Waals surface area contributed by atoms with Crippen LogP contribution >= 0.6 is 0 Å². The van der Waals surface area contributed by atoms with E-state index in [9.17, 15) is 14.3 Å². The monoisotopic (exact) mass is 290 g/mol. The lowest BCUT2D eigenvalue weighted by atomic mass is 10.1. The van der Waals surface area contributed by atoms with Gasteiger partial charge >= 0.3 is 0 Å². The van der Waals surface area contributed by atoms with Crippen LogP contribution < -0.4 is 5.56 Å². The molecule has 1 N–H and O–H groups in total. The second kappa shape index (κ2) is 6.18. The Morgan fingerprint density at radius 1 is 1.33 bits per heavy atom. The van der Waals surface area contributed by atoms with Gasteiger partial charge in [0.1, 0.15) is 5.82 Å². The predicted octanol–water partition coefficient (Wildman–Crippen LogP) is 2.51. The van der Waals surface area contributed by atoms with Crippen LogP contribution in [0.15, 0.2) is 29.1 Å². The fraction of sp³-hybridized carbons (Fsp3) is 0.375. The molecule has 5 heteroatoms. The molecule has 0 unspecified atom stereocenters. The standard InChI is InChI=1S/C16H19FN2O2/c1-10(2)8-19-16(21)13(9-20)7-15(18-19)12-4-5-14(17)11(3)6-12/h4-7,10,20H,8-9H2,1-3H3. The van der Waals surface area contributed by atoms with Crippen molar-refractivity contribution >= 4 is 0 Å². The van der Waals surface area contributed by atoms with Crippen molar-refractivity contribution in [2.24, 2.45) is 5.92 Å². The number of hydrogen-bond donors (Lipinski definition) is 1. The van der Waals surface area contributed by atoms with E-state index in [0.29, 0.717) is 23.4 Å². The third kappa shape index (κ3) is 3.36. The largest absolute Gasteiger partial charge is 0.391 e. The minimum Gasteiger partial charge on any atom is -0.391 e. The molecular formula is C16H19FN2O2. The van der Waals surface area contributed by atoms with E-state index in [1.165, 1.54) is 10.7 Å². The average Bonchev–Trinajstić information content (AvgIpc) is 2.43. The Hall–Kier alpha value is -2.01. The van der Waals surface area contributed by atoms with E-state index in [4.69, 9.17) is 0 Å². The van der Waals surface area contributed by atoms with Gasteiger partial charge in [-0.1, -0.05) is 13.8 Å². The first kappa shape index (κ1) is 15.4. The molecule has 112 valence electrons. The molecule has 1 aromatic carbocycles. The first-order valence-electron chi connectivity index (χ1n) is 6.90. The molecule has 0 aliphatic rings. The maximum Gasteiger partial charge on any atom is 0.272 e. The molecule has 4 nitrogen and oxygen atoms in total. The second-order valence-electron chi connectivity index (χ2n) is 5.56. The van der Waals surface area contributed by atoms with Gasteiger partial charge in [0.05, 0.1) is 12.3 Å². The first-order valence-corrected chi connectivity index (χ1v) is 6.90. The van der Waals surface area contributed by atoms with Crippen molar-refractivity contribution in [3.8, 4) is 11.3 Å². The molecule has 2 rings (SSSR count). The number of aliphatic hydroxyl groups excluding tert-OH is 1. The molecule has 0 aliphatic carbocycles. The number of rotatable bonds is 4. The molecular weight excluding hydrogens is 271 g/mol. The third-order valence-corrected chi connectivity index (χ3v) is 3.21. The van der Waals surface area contributed by atoms with Crippen molar-refractivity contribution < 1.29 is 9.50 Å². The summed E-state index contributed by atoms with van der Waals surface area (Å²) in [5, 5.41) is 13.7. The summed E-state index contributed by atoms with van der Waals surface area (Å²) < 4.78 is 14.7. The van der Waals surface area contributed by atoms with Crippen LogP contribution in [0.2, 0.25) is 0 Å². The molecule has 2 aromatic rings. The van der Waals surface area contributed by atoms with Crippen molar-refractivity contribution in [1.82, 2.24) is 9.78 Å². The van der Waals surface area contributed by atoms with E-state index in [1.54, 1.807) is 25.1 Å². The summed E-state index contributed by atoms with van der Waals surface area (Å²) in [6.45, 7) is 5.78.